The minimum absolute atomic E-state index is 0.0880. The van der Waals surface area contributed by atoms with Gasteiger partial charge in [0.1, 0.15) is 20.0 Å². The predicted octanol–water partition coefficient (Wildman–Crippen LogP) is 6.42. The van der Waals surface area contributed by atoms with Gasteiger partial charge in [-0.05, 0) is 11.6 Å². The third-order valence-electron chi connectivity index (χ3n) is 6.64. The van der Waals surface area contributed by atoms with Crippen LogP contribution in [0.1, 0.15) is 11.1 Å². The van der Waals surface area contributed by atoms with E-state index in [0.29, 0.717) is 11.7 Å². The molecule has 5 rings (SSSR count). The van der Waals surface area contributed by atoms with Crippen LogP contribution in [0.2, 0.25) is 0 Å². The van der Waals surface area contributed by atoms with Crippen LogP contribution in [-0.4, -0.2) is 5.11 Å². The average molecular weight is 523 g/mol. The minimum Gasteiger partial charge on any atom is -0.508 e. The molecule has 3 nitrogen and oxygen atoms in total. The summed E-state index contributed by atoms with van der Waals surface area (Å²) < 4.78 is 29.2. The SMILES string of the molecule is O=P(Cc1ccc(O)c(CP(=O)(c2ccccc2)c2ccccc2)c1)(c1ccccc1)c1ccccc1. The number of phenols is 1. The van der Waals surface area contributed by atoms with Crippen LogP contribution in [-0.2, 0) is 21.5 Å². The van der Waals surface area contributed by atoms with E-state index in [2.05, 4.69) is 0 Å². The summed E-state index contributed by atoms with van der Waals surface area (Å²) in [5.74, 6) is 0.0880. The number of benzene rings is 5. The van der Waals surface area contributed by atoms with Gasteiger partial charge in [-0.25, -0.2) is 0 Å². The summed E-state index contributed by atoms with van der Waals surface area (Å²) >= 11 is 0. The number of hydrogen-bond acceptors (Lipinski definition) is 3. The minimum atomic E-state index is -3.09. The lowest BCUT2D eigenvalue weighted by molar-refractivity contribution is 0.469. The summed E-state index contributed by atoms with van der Waals surface area (Å²) in [6.07, 6.45) is 0.469. The monoisotopic (exact) mass is 522 g/mol. The van der Waals surface area contributed by atoms with Crippen LogP contribution in [0.5, 0.6) is 5.75 Å². The van der Waals surface area contributed by atoms with Crippen molar-refractivity contribution in [3.8, 4) is 5.75 Å². The zero-order valence-corrected chi connectivity index (χ0v) is 22.1. The van der Waals surface area contributed by atoms with Gasteiger partial charge in [0.15, 0.2) is 0 Å². The van der Waals surface area contributed by atoms with Crippen LogP contribution < -0.4 is 21.2 Å². The third kappa shape index (κ3) is 5.25. The van der Waals surface area contributed by atoms with Gasteiger partial charge in [0, 0.05) is 39.1 Å². The second-order valence-electron chi connectivity index (χ2n) is 9.10. The highest BCUT2D eigenvalue weighted by atomic mass is 31.2. The molecule has 5 heteroatoms. The van der Waals surface area contributed by atoms with Crippen LogP contribution in [0.25, 0.3) is 0 Å². The summed E-state index contributed by atoms with van der Waals surface area (Å²) in [7, 11) is -6.09. The molecule has 184 valence electrons. The molecule has 0 saturated carbocycles. The zero-order chi connectivity index (χ0) is 25.7. The van der Waals surface area contributed by atoms with E-state index in [1.165, 1.54) is 0 Å². The van der Waals surface area contributed by atoms with Gasteiger partial charge in [0.2, 0.25) is 0 Å². The van der Waals surface area contributed by atoms with Crippen molar-refractivity contribution in [2.75, 3.05) is 0 Å². The maximum Gasteiger partial charge on any atom is 0.147 e. The quantitative estimate of drug-likeness (QED) is 0.239. The Labute approximate surface area is 218 Å². The Morgan fingerprint density at radius 1 is 0.459 bits per heavy atom. The fourth-order valence-corrected chi connectivity index (χ4v) is 10.1. The standard InChI is InChI=1S/C32H28O3P2/c33-32-22-21-26(24-36(34,28-13-5-1-6-14-28)29-15-7-2-8-16-29)23-27(32)25-37(35,30-17-9-3-10-18-30)31-19-11-4-12-20-31/h1-23,33H,24-25H2. The molecule has 0 fully saturated rings. The van der Waals surface area contributed by atoms with Crippen molar-refractivity contribution in [1.29, 1.82) is 0 Å². The van der Waals surface area contributed by atoms with Crippen LogP contribution in [0, 0.1) is 0 Å². The summed E-state index contributed by atoms with van der Waals surface area (Å²) in [4.78, 5) is 0. The van der Waals surface area contributed by atoms with Crippen molar-refractivity contribution in [1.82, 2.24) is 0 Å². The summed E-state index contributed by atoms with van der Waals surface area (Å²) in [5, 5.41) is 13.9. The first-order valence-electron chi connectivity index (χ1n) is 12.2. The molecule has 0 unspecified atom stereocenters. The van der Waals surface area contributed by atoms with Crippen molar-refractivity contribution in [2.45, 2.75) is 12.3 Å². The van der Waals surface area contributed by atoms with Crippen LogP contribution >= 0.6 is 14.3 Å². The first-order valence-corrected chi connectivity index (χ1v) is 16.0. The molecule has 0 aliphatic carbocycles. The lowest BCUT2D eigenvalue weighted by atomic mass is 10.1. The first kappa shape index (κ1) is 25.0. The molecule has 0 amide bonds. The number of phenolic OH excluding ortho intramolecular Hbond substituents is 1. The lowest BCUT2D eigenvalue weighted by Gasteiger charge is -2.22. The molecule has 0 heterocycles. The molecule has 0 aromatic heterocycles. The van der Waals surface area contributed by atoms with E-state index in [1.54, 1.807) is 6.07 Å². The molecule has 0 atom stereocenters. The van der Waals surface area contributed by atoms with Gasteiger partial charge in [0.05, 0.1) is 0 Å². The Kier molecular flexibility index (Phi) is 7.28. The summed E-state index contributed by atoms with van der Waals surface area (Å²) in [6, 6.07) is 43.3. The van der Waals surface area contributed by atoms with E-state index in [1.807, 2.05) is 133 Å². The molecule has 0 spiro atoms. The number of rotatable bonds is 8. The first-order chi connectivity index (χ1) is 18.0. The maximum absolute atomic E-state index is 14.6. The molecule has 1 N–H and O–H groups in total. The van der Waals surface area contributed by atoms with Crippen LogP contribution in [0.4, 0.5) is 0 Å². The zero-order valence-electron chi connectivity index (χ0n) is 20.4. The van der Waals surface area contributed by atoms with E-state index in [-0.39, 0.29) is 11.9 Å². The van der Waals surface area contributed by atoms with Crippen LogP contribution in [0.3, 0.4) is 0 Å². The van der Waals surface area contributed by atoms with Crippen molar-refractivity contribution in [3.05, 3.63) is 151 Å². The van der Waals surface area contributed by atoms with Crippen molar-refractivity contribution in [2.24, 2.45) is 0 Å². The molecule has 0 saturated heterocycles. The Balaban J connectivity index is 1.57. The molecule has 37 heavy (non-hydrogen) atoms. The molecular weight excluding hydrogens is 494 g/mol. The summed E-state index contributed by atoms with van der Waals surface area (Å²) in [6.45, 7) is 0. The molecule has 0 bridgehead atoms. The van der Waals surface area contributed by atoms with Crippen LogP contribution in [0.15, 0.2) is 140 Å². The van der Waals surface area contributed by atoms with E-state index < -0.39 is 14.3 Å². The van der Waals surface area contributed by atoms with Crippen molar-refractivity contribution < 1.29 is 14.2 Å². The molecule has 0 radical (unpaired) electrons. The number of aromatic hydroxyl groups is 1. The van der Waals surface area contributed by atoms with Gasteiger partial charge < -0.3 is 14.2 Å². The van der Waals surface area contributed by atoms with E-state index in [9.17, 15) is 14.2 Å². The van der Waals surface area contributed by atoms with Gasteiger partial charge in [-0.1, -0.05) is 133 Å². The normalized spacial score (nSPS) is 11.8. The van der Waals surface area contributed by atoms with Gasteiger partial charge >= 0.3 is 0 Å². The Morgan fingerprint density at radius 2 is 0.811 bits per heavy atom. The van der Waals surface area contributed by atoms with Crippen molar-refractivity contribution in [3.63, 3.8) is 0 Å². The fourth-order valence-electron chi connectivity index (χ4n) is 4.70. The highest BCUT2D eigenvalue weighted by Gasteiger charge is 2.30. The molecule has 5 aromatic rings. The Bertz CT molecular complexity index is 1480. The van der Waals surface area contributed by atoms with E-state index in [0.717, 1.165) is 26.8 Å². The Hall–Kier alpha value is -3.64. The van der Waals surface area contributed by atoms with Crippen molar-refractivity contribution >= 4 is 35.5 Å². The third-order valence-corrected chi connectivity index (χ3v) is 12.8. The van der Waals surface area contributed by atoms with E-state index in [4.69, 9.17) is 0 Å². The van der Waals surface area contributed by atoms with Gasteiger partial charge in [0.25, 0.3) is 0 Å². The van der Waals surface area contributed by atoms with Gasteiger partial charge in [-0.2, -0.15) is 0 Å². The van der Waals surface area contributed by atoms with Gasteiger partial charge in [-0.15, -0.1) is 0 Å². The second-order valence-corrected chi connectivity index (χ2v) is 14.8. The molecule has 0 aliphatic heterocycles. The topological polar surface area (TPSA) is 54.4 Å². The smallest absolute Gasteiger partial charge is 0.147 e. The predicted molar refractivity (Wildman–Crippen MR) is 155 cm³/mol. The fraction of sp³-hybridized carbons (Fsp3) is 0.0625. The Morgan fingerprint density at radius 3 is 1.19 bits per heavy atom. The largest absolute Gasteiger partial charge is 0.508 e. The molecule has 5 aromatic carbocycles. The second kappa shape index (κ2) is 10.8. The number of hydrogen-bond donors (Lipinski definition) is 1. The van der Waals surface area contributed by atoms with Gasteiger partial charge in [-0.3, -0.25) is 0 Å². The highest BCUT2D eigenvalue weighted by molar-refractivity contribution is 7.78. The molecule has 0 aliphatic rings. The maximum atomic E-state index is 14.6. The lowest BCUT2D eigenvalue weighted by Crippen LogP contribution is -2.18. The average Bonchev–Trinajstić information content (AvgIpc) is 2.96. The highest BCUT2D eigenvalue weighted by Crippen LogP contribution is 2.50. The summed E-state index contributed by atoms with van der Waals surface area (Å²) in [5.41, 5.74) is 1.41. The molecular formula is C32H28O3P2. The van der Waals surface area contributed by atoms with E-state index >= 15 is 0 Å².